The minimum atomic E-state index is -3.06. The molecule has 0 radical (unpaired) electrons. The van der Waals surface area contributed by atoms with Crippen LogP contribution in [-0.2, 0) is 14.6 Å². The van der Waals surface area contributed by atoms with E-state index in [-0.39, 0.29) is 34.5 Å². The van der Waals surface area contributed by atoms with Crippen molar-refractivity contribution in [3.8, 4) is 0 Å². The van der Waals surface area contributed by atoms with Gasteiger partial charge >= 0.3 is 0 Å². The molecule has 0 aliphatic heterocycles. The van der Waals surface area contributed by atoms with E-state index >= 15 is 0 Å². The zero-order valence-corrected chi connectivity index (χ0v) is 13.1. The molecule has 0 saturated heterocycles. The lowest BCUT2D eigenvalue weighted by Gasteiger charge is -2.08. The Balaban J connectivity index is 2.60. The summed E-state index contributed by atoms with van der Waals surface area (Å²) in [7, 11) is -3.06. The average molecular weight is 345 g/mol. The topological polar surface area (TPSA) is 63.2 Å². The highest BCUT2D eigenvalue weighted by Gasteiger charge is 2.10. The summed E-state index contributed by atoms with van der Waals surface area (Å²) in [6.45, 7) is 0. The molecule has 0 atom stereocenters. The van der Waals surface area contributed by atoms with Gasteiger partial charge in [-0.05, 0) is 18.6 Å². The molecule has 0 fully saturated rings. The molecule has 0 unspecified atom stereocenters. The Morgan fingerprint density at radius 3 is 2.32 bits per heavy atom. The zero-order chi connectivity index (χ0) is 14.6. The highest BCUT2D eigenvalue weighted by atomic mass is 35.5. The summed E-state index contributed by atoms with van der Waals surface area (Å²) < 4.78 is 21.8. The van der Waals surface area contributed by atoms with Crippen LogP contribution in [0.25, 0.3) is 0 Å². The maximum Gasteiger partial charge on any atom is 0.224 e. The van der Waals surface area contributed by atoms with Crippen LogP contribution in [0.5, 0.6) is 0 Å². The predicted octanol–water partition coefficient (Wildman–Crippen LogP) is 3.41. The summed E-state index contributed by atoms with van der Waals surface area (Å²) in [5.74, 6) is -0.362. The number of benzene rings is 1. The summed E-state index contributed by atoms with van der Waals surface area (Å²) in [4.78, 5) is 11.6. The zero-order valence-electron chi connectivity index (χ0n) is 10.0. The molecule has 106 valence electrons. The van der Waals surface area contributed by atoms with E-state index in [1.807, 2.05) is 0 Å². The normalized spacial score (nSPS) is 11.4. The molecule has 1 amide bonds. The number of carbonyl (C=O) groups is 1. The second-order valence-electron chi connectivity index (χ2n) is 4.03. The van der Waals surface area contributed by atoms with Crippen LogP contribution in [0.2, 0.25) is 15.1 Å². The van der Waals surface area contributed by atoms with E-state index in [0.29, 0.717) is 10.7 Å². The van der Waals surface area contributed by atoms with Gasteiger partial charge in [0.1, 0.15) is 9.84 Å². The lowest BCUT2D eigenvalue weighted by Crippen LogP contribution is -2.14. The van der Waals surface area contributed by atoms with E-state index in [1.165, 1.54) is 12.1 Å². The van der Waals surface area contributed by atoms with Crippen molar-refractivity contribution in [2.45, 2.75) is 12.8 Å². The number of hydrogen-bond acceptors (Lipinski definition) is 3. The average Bonchev–Trinajstić information content (AvgIpc) is 2.24. The van der Waals surface area contributed by atoms with Crippen LogP contribution >= 0.6 is 34.8 Å². The maximum absolute atomic E-state index is 11.6. The van der Waals surface area contributed by atoms with Crippen molar-refractivity contribution in [3.05, 3.63) is 27.2 Å². The molecule has 0 aliphatic carbocycles. The molecule has 0 heterocycles. The van der Waals surface area contributed by atoms with E-state index in [0.717, 1.165) is 6.26 Å². The van der Waals surface area contributed by atoms with Gasteiger partial charge in [-0.1, -0.05) is 34.8 Å². The number of halogens is 3. The molecule has 0 bridgehead atoms. The molecule has 8 heteroatoms. The van der Waals surface area contributed by atoms with Gasteiger partial charge in [0.25, 0.3) is 0 Å². The third-order valence-corrected chi connectivity index (χ3v) is 4.27. The van der Waals surface area contributed by atoms with Gasteiger partial charge in [0, 0.05) is 12.7 Å². The molecular formula is C11H12Cl3NO3S. The molecule has 1 aromatic carbocycles. The molecule has 4 nitrogen and oxygen atoms in total. The molecule has 0 spiro atoms. The number of rotatable bonds is 5. The summed E-state index contributed by atoms with van der Waals surface area (Å²) in [6, 6.07) is 2.87. The molecule has 0 aliphatic rings. The Hall–Kier alpha value is -0.490. The van der Waals surface area contributed by atoms with Crippen LogP contribution < -0.4 is 5.32 Å². The van der Waals surface area contributed by atoms with E-state index < -0.39 is 9.84 Å². The summed E-state index contributed by atoms with van der Waals surface area (Å²) in [5.41, 5.74) is 0.348. The van der Waals surface area contributed by atoms with Crippen LogP contribution in [0.3, 0.4) is 0 Å². The second-order valence-corrected chi connectivity index (χ2v) is 7.51. The number of anilines is 1. The molecule has 0 saturated carbocycles. The minimum Gasteiger partial charge on any atom is -0.325 e. The molecule has 0 aromatic heterocycles. The first-order valence-corrected chi connectivity index (χ1v) is 8.50. The van der Waals surface area contributed by atoms with Crippen LogP contribution in [0.15, 0.2) is 12.1 Å². The predicted molar refractivity (Wildman–Crippen MR) is 79.0 cm³/mol. The van der Waals surface area contributed by atoms with Crippen LogP contribution in [0.1, 0.15) is 12.8 Å². The van der Waals surface area contributed by atoms with E-state index in [1.54, 1.807) is 0 Å². The van der Waals surface area contributed by atoms with Gasteiger partial charge in [0.2, 0.25) is 5.91 Å². The fraction of sp³-hybridized carbons (Fsp3) is 0.364. The van der Waals surface area contributed by atoms with Crippen LogP contribution in [-0.4, -0.2) is 26.3 Å². The smallest absolute Gasteiger partial charge is 0.224 e. The number of carbonyl (C=O) groups excluding carboxylic acids is 1. The van der Waals surface area contributed by atoms with Gasteiger partial charge in [-0.3, -0.25) is 4.79 Å². The number of nitrogens with one attached hydrogen (secondary N) is 1. The Bertz CT molecular complexity index is 587. The number of amides is 1. The Morgan fingerprint density at radius 1 is 1.16 bits per heavy atom. The fourth-order valence-corrected chi connectivity index (χ4v) is 2.59. The lowest BCUT2D eigenvalue weighted by molar-refractivity contribution is -0.116. The Morgan fingerprint density at radius 2 is 1.74 bits per heavy atom. The molecular weight excluding hydrogens is 333 g/mol. The van der Waals surface area contributed by atoms with E-state index in [2.05, 4.69) is 5.32 Å². The second kappa shape index (κ2) is 6.79. The van der Waals surface area contributed by atoms with Gasteiger partial charge in [-0.15, -0.1) is 0 Å². The molecule has 19 heavy (non-hydrogen) atoms. The Labute approximate surface area is 127 Å². The highest BCUT2D eigenvalue weighted by Crippen LogP contribution is 2.32. The third-order valence-electron chi connectivity index (χ3n) is 2.20. The SMILES string of the molecule is CS(=O)(=O)CCCC(=O)Nc1cc(Cl)c(Cl)cc1Cl. The fourth-order valence-electron chi connectivity index (χ4n) is 1.33. The molecule has 1 rings (SSSR count). The largest absolute Gasteiger partial charge is 0.325 e. The lowest BCUT2D eigenvalue weighted by atomic mass is 10.3. The van der Waals surface area contributed by atoms with Crippen molar-refractivity contribution in [2.24, 2.45) is 0 Å². The Kier molecular flexibility index (Phi) is 5.92. The summed E-state index contributed by atoms with van der Waals surface area (Å²) >= 11 is 17.5. The first kappa shape index (κ1) is 16.6. The van der Waals surface area contributed by atoms with Crippen molar-refractivity contribution in [1.29, 1.82) is 0 Å². The van der Waals surface area contributed by atoms with Crippen LogP contribution in [0, 0.1) is 0 Å². The monoisotopic (exact) mass is 343 g/mol. The standard InChI is InChI=1S/C11H12Cl3NO3S/c1-19(17,18)4-2-3-11(16)15-10-6-8(13)7(12)5-9(10)14/h5-6H,2-4H2,1H3,(H,15,16). The third kappa shape index (κ3) is 5.99. The van der Waals surface area contributed by atoms with Gasteiger partial charge < -0.3 is 5.32 Å². The first-order valence-electron chi connectivity index (χ1n) is 5.31. The number of sulfone groups is 1. The van der Waals surface area contributed by atoms with Crippen LogP contribution in [0.4, 0.5) is 5.69 Å². The van der Waals surface area contributed by atoms with Gasteiger partial charge in [-0.25, -0.2) is 8.42 Å². The molecule has 1 aromatic rings. The molecule has 1 N–H and O–H groups in total. The summed E-state index contributed by atoms with van der Waals surface area (Å²) in [5, 5.41) is 3.39. The van der Waals surface area contributed by atoms with Gasteiger partial charge in [0.05, 0.1) is 26.5 Å². The van der Waals surface area contributed by atoms with Gasteiger partial charge in [0.15, 0.2) is 0 Å². The van der Waals surface area contributed by atoms with Crippen molar-refractivity contribution in [1.82, 2.24) is 0 Å². The minimum absolute atomic E-state index is 0.0322. The number of hydrogen-bond donors (Lipinski definition) is 1. The quantitative estimate of drug-likeness (QED) is 0.833. The summed E-state index contributed by atoms with van der Waals surface area (Å²) in [6.07, 6.45) is 1.47. The highest BCUT2D eigenvalue weighted by molar-refractivity contribution is 7.90. The maximum atomic E-state index is 11.6. The van der Waals surface area contributed by atoms with E-state index in [9.17, 15) is 13.2 Å². The van der Waals surface area contributed by atoms with Crippen molar-refractivity contribution < 1.29 is 13.2 Å². The van der Waals surface area contributed by atoms with E-state index in [4.69, 9.17) is 34.8 Å². The van der Waals surface area contributed by atoms with Gasteiger partial charge in [-0.2, -0.15) is 0 Å². The van der Waals surface area contributed by atoms with Crippen molar-refractivity contribution in [3.63, 3.8) is 0 Å². The van der Waals surface area contributed by atoms with Crippen molar-refractivity contribution >= 4 is 56.2 Å². The first-order chi connectivity index (χ1) is 8.69. The van der Waals surface area contributed by atoms with Crippen molar-refractivity contribution in [2.75, 3.05) is 17.3 Å².